The molecule has 2 atom stereocenters. The summed E-state index contributed by atoms with van der Waals surface area (Å²) in [4.78, 5) is 14.2. The maximum absolute atomic E-state index is 11.9. The first-order chi connectivity index (χ1) is 9.54. The van der Waals surface area contributed by atoms with E-state index in [1.165, 1.54) is 0 Å². The molecule has 0 radical (unpaired) electrons. The van der Waals surface area contributed by atoms with Crippen molar-refractivity contribution in [1.82, 2.24) is 4.90 Å². The number of rotatable bonds is 4. The van der Waals surface area contributed by atoms with Gasteiger partial charge in [0.2, 0.25) is 5.91 Å². The van der Waals surface area contributed by atoms with E-state index in [-0.39, 0.29) is 18.1 Å². The minimum Gasteiger partial charge on any atom is -0.373 e. The van der Waals surface area contributed by atoms with Crippen LogP contribution in [-0.4, -0.2) is 42.6 Å². The quantitative estimate of drug-likeness (QED) is 0.929. The van der Waals surface area contributed by atoms with Crippen molar-refractivity contribution in [2.24, 2.45) is 0 Å². The largest absolute Gasteiger partial charge is 0.373 e. The van der Waals surface area contributed by atoms with E-state index in [0.717, 1.165) is 19.6 Å². The van der Waals surface area contributed by atoms with Gasteiger partial charge in [0.1, 0.15) is 0 Å². The number of anilines is 1. The van der Waals surface area contributed by atoms with Crippen LogP contribution in [0.25, 0.3) is 0 Å². The second-order valence-electron chi connectivity index (χ2n) is 5.29. The number of carbonyl (C=O) groups excluding carboxylic acids is 1. The van der Waals surface area contributed by atoms with Gasteiger partial charge in [-0.25, -0.2) is 0 Å². The third-order valence-corrected chi connectivity index (χ3v) is 3.63. The minimum atomic E-state index is -0.00935. The molecule has 5 heteroatoms. The molecule has 1 aromatic rings. The number of benzene rings is 1. The Labute approximate surface area is 125 Å². The average molecular weight is 297 g/mol. The predicted molar refractivity (Wildman–Crippen MR) is 81.1 cm³/mol. The topological polar surface area (TPSA) is 41.6 Å². The molecular weight excluding hydrogens is 276 g/mol. The number of amides is 1. The van der Waals surface area contributed by atoms with E-state index >= 15 is 0 Å². The highest BCUT2D eigenvalue weighted by atomic mass is 35.5. The first-order valence-electron chi connectivity index (χ1n) is 6.97. The number of hydrogen-bond acceptors (Lipinski definition) is 3. The lowest BCUT2D eigenvalue weighted by atomic mass is 10.2. The summed E-state index contributed by atoms with van der Waals surface area (Å²) in [6.45, 7) is 6.63. The minimum absolute atomic E-state index is 0.00935. The van der Waals surface area contributed by atoms with E-state index in [0.29, 0.717) is 17.1 Å². The second kappa shape index (κ2) is 7.07. The Morgan fingerprint density at radius 2 is 2.00 bits per heavy atom. The second-order valence-corrected chi connectivity index (χ2v) is 5.70. The summed E-state index contributed by atoms with van der Waals surface area (Å²) in [5, 5.41) is 3.41. The number of nitrogens with zero attached hydrogens (tertiary/aromatic N) is 1. The van der Waals surface area contributed by atoms with Crippen LogP contribution in [0, 0.1) is 0 Å². The van der Waals surface area contributed by atoms with Crippen LogP contribution in [0.4, 0.5) is 5.69 Å². The van der Waals surface area contributed by atoms with Gasteiger partial charge in [-0.3, -0.25) is 9.69 Å². The fourth-order valence-electron chi connectivity index (χ4n) is 2.50. The predicted octanol–water partition coefficient (Wildman–Crippen LogP) is 2.78. The molecule has 1 aromatic carbocycles. The molecular formula is C15H21ClN2O2. The summed E-state index contributed by atoms with van der Waals surface area (Å²) in [6.07, 6.45) is 0.917. The monoisotopic (exact) mass is 296 g/mol. The Bertz CT molecular complexity index is 457. The van der Waals surface area contributed by atoms with E-state index in [1.807, 2.05) is 12.1 Å². The number of carbonyl (C=O) groups is 1. The molecule has 2 rings (SSSR count). The van der Waals surface area contributed by atoms with Crippen LogP contribution in [-0.2, 0) is 9.53 Å². The molecule has 0 aliphatic carbocycles. The lowest BCUT2D eigenvalue weighted by Crippen LogP contribution is -2.46. The van der Waals surface area contributed by atoms with Gasteiger partial charge in [-0.1, -0.05) is 23.7 Å². The fourth-order valence-corrected chi connectivity index (χ4v) is 2.68. The normalized spacial score (nSPS) is 23.6. The molecule has 1 heterocycles. The van der Waals surface area contributed by atoms with Crippen molar-refractivity contribution in [2.45, 2.75) is 32.5 Å². The third kappa shape index (κ3) is 4.47. The van der Waals surface area contributed by atoms with Gasteiger partial charge < -0.3 is 10.1 Å². The number of halogens is 1. The van der Waals surface area contributed by atoms with E-state index < -0.39 is 0 Å². The molecule has 1 amide bonds. The maximum atomic E-state index is 11.9. The average Bonchev–Trinajstić information content (AvgIpc) is 2.38. The number of hydrogen-bond donors (Lipinski definition) is 1. The van der Waals surface area contributed by atoms with Crippen molar-refractivity contribution < 1.29 is 9.53 Å². The summed E-state index contributed by atoms with van der Waals surface area (Å²) in [7, 11) is 0. The Morgan fingerprint density at radius 1 is 1.35 bits per heavy atom. The van der Waals surface area contributed by atoms with E-state index in [9.17, 15) is 4.79 Å². The number of ether oxygens (including phenoxy) is 1. The van der Waals surface area contributed by atoms with Crippen LogP contribution >= 0.6 is 11.6 Å². The van der Waals surface area contributed by atoms with Crippen molar-refractivity contribution >= 4 is 23.2 Å². The maximum Gasteiger partial charge on any atom is 0.225 e. The van der Waals surface area contributed by atoms with Crippen LogP contribution in [0.15, 0.2) is 24.3 Å². The van der Waals surface area contributed by atoms with Gasteiger partial charge in [0, 0.05) is 26.1 Å². The molecule has 0 saturated carbocycles. The number of morpholine rings is 1. The highest BCUT2D eigenvalue weighted by molar-refractivity contribution is 6.33. The number of para-hydroxylation sites is 1. The van der Waals surface area contributed by atoms with Crippen LogP contribution in [0.2, 0.25) is 5.02 Å². The molecule has 2 unspecified atom stereocenters. The van der Waals surface area contributed by atoms with E-state index in [1.54, 1.807) is 12.1 Å². The van der Waals surface area contributed by atoms with Gasteiger partial charge in [-0.2, -0.15) is 0 Å². The zero-order valence-corrected chi connectivity index (χ0v) is 12.7. The van der Waals surface area contributed by atoms with Crippen LogP contribution < -0.4 is 5.32 Å². The van der Waals surface area contributed by atoms with E-state index in [2.05, 4.69) is 24.1 Å². The lowest BCUT2D eigenvalue weighted by Gasteiger charge is -2.35. The van der Waals surface area contributed by atoms with Gasteiger partial charge in [0.15, 0.2) is 0 Å². The van der Waals surface area contributed by atoms with Gasteiger partial charge in [0.25, 0.3) is 0 Å². The van der Waals surface area contributed by atoms with Crippen LogP contribution in [0.1, 0.15) is 20.3 Å². The molecule has 20 heavy (non-hydrogen) atoms. The molecule has 0 aromatic heterocycles. The Hall–Kier alpha value is -1.10. The summed E-state index contributed by atoms with van der Waals surface area (Å²) in [5.74, 6) is -0.00935. The van der Waals surface area contributed by atoms with E-state index in [4.69, 9.17) is 16.3 Å². The Morgan fingerprint density at radius 3 is 2.65 bits per heavy atom. The SMILES string of the molecule is CC1CN(CCC(=O)Nc2ccccc2Cl)CC(C)O1. The first-order valence-corrected chi connectivity index (χ1v) is 7.34. The molecule has 4 nitrogen and oxygen atoms in total. The molecule has 1 N–H and O–H groups in total. The van der Waals surface area contributed by atoms with Gasteiger partial charge in [-0.15, -0.1) is 0 Å². The van der Waals surface area contributed by atoms with Crippen LogP contribution in [0.5, 0.6) is 0 Å². The zero-order valence-electron chi connectivity index (χ0n) is 11.9. The summed E-state index contributed by atoms with van der Waals surface area (Å²) in [6, 6.07) is 7.27. The molecule has 110 valence electrons. The molecule has 1 aliphatic rings. The van der Waals surface area contributed by atoms with Crippen molar-refractivity contribution in [3.8, 4) is 0 Å². The van der Waals surface area contributed by atoms with Crippen LogP contribution in [0.3, 0.4) is 0 Å². The van der Waals surface area contributed by atoms with Crippen molar-refractivity contribution in [2.75, 3.05) is 25.0 Å². The summed E-state index contributed by atoms with van der Waals surface area (Å²) in [5.41, 5.74) is 0.669. The van der Waals surface area contributed by atoms with Gasteiger partial charge in [-0.05, 0) is 26.0 Å². The molecule has 0 bridgehead atoms. The first kappa shape index (κ1) is 15.3. The fraction of sp³-hybridized carbons (Fsp3) is 0.533. The standard InChI is InChI=1S/C15H21ClN2O2/c1-11-9-18(10-12(2)20-11)8-7-15(19)17-14-6-4-3-5-13(14)16/h3-6,11-12H,7-10H2,1-2H3,(H,17,19). The zero-order chi connectivity index (χ0) is 14.5. The Kier molecular flexibility index (Phi) is 5.40. The smallest absolute Gasteiger partial charge is 0.225 e. The van der Waals surface area contributed by atoms with Gasteiger partial charge in [0.05, 0.1) is 22.9 Å². The van der Waals surface area contributed by atoms with Gasteiger partial charge >= 0.3 is 0 Å². The Balaban J connectivity index is 1.79. The van der Waals surface area contributed by atoms with Crippen molar-refractivity contribution in [3.63, 3.8) is 0 Å². The summed E-state index contributed by atoms with van der Waals surface area (Å²) >= 11 is 6.01. The molecule has 1 saturated heterocycles. The van der Waals surface area contributed by atoms with Crippen molar-refractivity contribution in [1.29, 1.82) is 0 Å². The highest BCUT2D eigenvalue weighted by Crippen LogP contribution is 2.20. The van der Waals surface area contributed by atoms with Crippen molar-refractivity contribution in [3.05, 3.63) is 29.3 Å². The highest BCUT2D eigenvalue weighted by Gasteiger charge is 2.22. The lowest BCUT2D eigenvalue weighted by molar-refractivity contribution is -0.117. The molecule has 1 fully saturated rings. The summed E-state index contributed by atoms with van der Waals surface area (Å²) < 4.78 is 5.67. The molecule has 1 aliphatic heterocycles. The third-order valence-electron chi connectivity index (χ3n) is 3.30. The molecule has 0 spiro atoms. The number of nitrogens with one attached hydrogen (secondary N) is 1.